The molecule has 136 valence electrons. The molecule has 1 saturated heterocycles. The highest BCUT2D eigenvalue weighted by Crippen LogP contribution is 2.44. The van der Waals surface area contributed by atoms with E-state index in [1.54, 1.807) is 5.57 Å². The second kappa shape index (κ2) is 6.84. The van der Waals surface area contributed by atoms with E-state index in [1.807, 2.05) is 11.3 Å². The maximum atomic E-state index is 6.53. The van der Waals surface area contributed by atoms with Crippen LogP contribution in [0, 0.1) is 0 Å². The molecule has 0 spiro atoms. The van der Waals surface area contributed by atoms with Gasteiger partial charge in [0.1, 0.15) is 5.76 Å². The highest BCUT2D eigenvalue weighted by molar-refractivity contribution is 7.11. The number of hydrogen-bond donors (Lipinski definition) is 0. The van der Waals surface area contributed by atoms with Crippen LogP contribution < -0.4 is 0 Å². The SMILES string of the molecule is CN1CCC(=C2c3ccccc3C=C(O[Si](C)(C)C)c3sccc32)CC1. The molecule has 1 aliphatic heterocycles. The second-order valence-electron chi connectivity index (χ2n) is 8.26. The molecule has 1 aliphatic carbocycles. The van der Waals surface area contributed by atoms with Gasteiger partial charge >= 0.3 is 0 Å². The normalized spacial score (nSPS) is 18.1. The third kappa shape index (κ3) is 3.46. The molecule has 1 fully saturated rings. The maximum absolute atomic E-state index is 6.53. The third-order valence-electron chi connectivity index (χ3n) is 5.04. The molecule has 0 atom stereocenters. The van der Waals surface area contributed by atoms with Gasteiger partial charge in [-0.15, -0.1) is 11.3 Å². The van der Waals surface area contributed by atoms with E-state index in [1.165, 1.54) is 27.1 Å². The molecule has 2 nitrogen and oxygen atoms in total. The molecule has 4 rings (SSSR count). The lowest BCUT2D eigenvalue weighted by molar-refractivity contribution is 0.313. The van der Waals surface area contributed by atoms with Crippen LogP contribution in [0.3, 0.4) is 0 Å². The number of thiophene rings is 1. The first-order chi connectivity index (χ1) is 12.4. The Hall–Kier alpha value is -1.62. The van der Waals surface area contributed by atoms with Gasteiger partial charge in [0.15, 0.2) is 0 Å². The fraction of sp³-hybridized carbons (Fsp3) is 0.364. The molecule has 1 aromatic heterocycles. The number of nitrogens with zero attached hydrogens (tertiary/aromatic N) is 1. The predicted molar refractivity (Wildman–Crippen MR) is 116 cm³/mol. The fourth-order valence-electron chi connectivity index (χ4n) is 3.82. The van der Waals surface area contributed by atoms with Gasteiger partial charge in [-0.2, -0.15) is 0 Å². The lowest BCUT2D eigenvalue weighted by Gasteiger charge is -2.27. The van der Waals surface area contributed by atoms with Gasteiger partial charge in [0.2, 0.25) is 8.32 Å². The summed E-state index contributed by atoms with van der Waals surface area (Å²) in [6, 6.07) is 11.1. The minimum Gasteiger partial charge on any atom is -0.543 e. The van der Waals surface area contributed by atoms with Crippen LogP contribution in [0.1, 0.15) is 34.4 Å². The zero-order valence-corrected chi connectivity index (χ0v) is 18.0. The molecule has 2 aromatic rings. The molecule has 26 heavy (non-hydrogen) atoms. The van der Waals surface area contributed by atoms with Crippen molar-refractivity contribution >= 4 is 37.1 Å². The fourth-order valence-corrected chi connectivity index (χ4v) is 5.57. The van der Waals surface area contributed by atoms with Crippen LogP contribution in [0.15, 0.2) is 41.3 Å². The van der Waals surface area contributed by atoms with Gasteiger partial charge in [-0.3, -0.25) is 0 Å². The van der Waals surface area contributed by atoms with Crippen molar-refractivity contribution < 1.29 is 4.43 Å². The Bertz CT molecular complexity index is 878. The smallest absolute Gasteiger partial charge is 0.242 e. The molecular weight excluding hydrogens is 354 g/mol. The van der Waals surface area contributed by atoms with Gasteiger partial charge < -0.3 is 9.33 Å². The first-order valence-corrected chi connectivity index (χ1v) is 13.7. The zero-order valence-electron chi connectivity index (χ0n) is 16.1. The van der Waals surface area contributed by atoms with Crippen molar-refractivity contribution in [1.82, 2.24) is 4.90 Å². The van der Waals surface area contributed by atoms with Gasteiger partial charge in [-0.05, 0) is 73.8 Å². The summed E-state index contributed by atoms with van der Waals surface area (Å²) in [5.41, 5.74) is 7.06. The van der Waals surface area contributed by atoms with Crippen molar-refractivity contribution in [3.05, 3.63) is 62.9 Å². The number of hydrogen-bond acceptors (Lipinski definition) is 3. The van der Waals surface area contributed by atoms with E-state index in [-0.39, 0.29) is 0 Å². The summed E-state index contributed by atoms with van der Waals surface area (Å²) >= 11 is 1.81. The van der Waals surface area contributed by atoms with Crippen LogP contribution in [0.4, 0.5) is 0 Å². The quantitative estimate of drug-likeness (QED) is 0.597. The largest absolute Gasteiger partial charge is 0.543 e. The van der Waals surface area contributed by atoms with E-state index in [0.717, 1.165) is 31.7 Å². The summed E-state index contributed by atoms with van der Waals surface area (Å²) in [5.74, 6) is 1.06. The molecule has 4 heteroatoms. The van der Waals surface area contributed by atoms with Crippen LogP contribution in [-0.2, 0) is 4.43 Å². The van der Waals surface area contributed by atoms with Crippen molar-refractivity contribution in [2.75, 3.05) is 20.1 Å². The summed E-state index contributed by atoms with van der Waals surface area (Å²) in [5, 5.41) is 2.22. The van der Waals surface area contributed by atoms with Crippen molar-refractivity contribution in [1.29, 1.82) is 0 Å². The first kappa shape index (κ1) is 17.8. The minimum absolute atomic E-state index is 1.06. The second-order valence-corrected chi connectivity index (χ2v) is 13.6. The van der Waals surface area contributed by atoms with E-state index in [0.29, 0.717) is 0 Å². The topological polar surface area (TPSA) is 12.5 Å². The summed E-state index contributed by atoms with van der Waals surface area (Å²) < 4.78 is 6.53. The molecule has 2 aliphatic rings. The molecule has 0 N–H and O–H groups in total. The van der Waals surface area contributed by atoms with E-state index >= 15 is 0 Å². The standard InChI is InChI=1S/C22H27NOSSi/c1-23-12-9-16(10-13-23)21-18-8-6-5-7-17(18)15-20(24-26(2,3)4)22-19(21)11-14-25-22/h5-8,11,14-15H,9-10,12-13H2,1-4H3. The van der Waals surface area contributed by atoms with E-state index in [2.05, 4.69) is 73.4 Å². The molecule has 2 heterocycles. The highest BCUT2D eigenvalue weighted by atomic mass is 32.1. The number of fused-ring (bicyclic) bond motifs is 2. The molecule has 0 bridgehead atoms. The van der Waals surface area contributed by atoms with Gasteiger partial charge in [-0.1, -0.05) is 29.8 Å². The number of benzene rings is 1. The lowest BCUT2D eigenvalue weighted by atomic mass is 9.87. The van der Waals surface area contributed by atoms with Gasteiger partial charge in [-0.25, -0.2) is 0 Å². The Kier molecular flexibility index (Phi) is 4.67. The Morgan fingerprint density at radius 2 is 1.73 bits per heavy atom. The van der Waals surface area contributed by atoms with E-state index in [9.17, 15) is 0 Å². The van der Waals surface area contributed by atoms with Crippen molar-refractivity contribution in [3.63, 3.8) is 0 Å². The molecule has 0 radical (unpaired) electrons. The lowest BCUT2D eigenvalue weighted by Crippen LogP contribution is -2.27. The minimum atomic E-state index is -1.69. The molecule has 0 amide bonds. The summed E-state index contributed by atoms with van der Waals surface area (Å²) in [7, 11) is 0.537. The van der Waals surface area contributed by atoms with Gasteiger partial charge in [0.05, 0.1) is 4.88 Å². The monoisotopic (exact) mass is 381 g/mol. The number of rotatable bonds is 2. The van der Waals surface area contributed by atoms with Crippen molar-refractivity contribution in [3.8, 4) is 0 Å². The van der Waals surface area contributed by atoms with Gasteiger partial charge in [0.25, 0.3) is 0 Å². The van der Waals surface area contributed by atoms with Gasteiger partial charge in [0, 0.05) is 18.7 Å². The average Bonchev–Trinajstić information content (AvgIpc) is 3.01. The van der Waals surface area contributed by atoms with Crippen LogP contribution in [0.25, 0.3) is 17.4 Å². The van der Waals surface area contributed by atoms with Crippen LogP contribution >= 0.6 is 11.3 Å². The molecular formula is C22H27NOSSi. The van der Waals surface area contributed by atoms with E-state index in [4.69, 9.17) is 4.43 Å². The summed E-state index contributed by atoms with van der Waals surface area (Å²) in [6.45, 7) is 9.06. The van der Waals surface area contributed by atoms with Crippen LogP contribution in [-0.4, -0.2) is 33.4 Å². The average molecular weight is 382 g/mol. The molecule has 0 saturated carbocycles. The Morgan fingerprint density at radius 3 is 2.46 bits per heavy atom. The van der Waals surface area contributed by atoms with Crippen LogP contribution in [0.5, 0.6) is 0 Å². The van der Waals surface area contributed by atoms with Crippen LogP contribution in [0.2, 0.25) is 19.6 Å². The zero-order chi connectivity index (χ0) is 18.3. The highest BCUT2D eigenvalue weighted by Gasteiger charge is 2.28. The Balaban J connectivity index is 1.92. The molecule has 0 unspecified atom stereocenters. The third-order valence-corrected chi connectivity index (χ3v) is 6.80. The number of piperidine rings is 1. The number of likely N-dealkylation sites (tertiary alicyclic amines) is 1. The van der Waals surface area contributed by atoms with Crippen molar-refractivity contribution in [2.24, 2.45) is 0 Å². The molecule has 1 aromatic carbocycles. The predicted octanol–water partition coefficient (Wildman–Crippen LogP) is 5.94. The maximum Gasteiger partial charge on any atom is 0.242 e. The Morgan fingerprint density at radius 1 is 1.00 bits per heavy atom. The van der Waals surface area contributed by atoms with E-state index < -0.39 is 8.32 Å². The van der Waals surface area contributed by atoms with Crippen molar-refractivity contribution in [2.45, 2.75) is 32.5 Å². The Labute approximate surface area is 161 Å². The summed E-state index contributed by atoms with van der Waals surface area (Å²) in [6.07, 6.45) is 4.57. The first-order valence-electron chi connectivity index (χ1n) is 9.41. The summed E-state index contributed by atoms with van der Waals surface area (Å²) in [4.78, 5) is 3.73.